The van der Waals surface area contributed by atoms with Crippen LogP contribution in [0.1, 0.15) is 30.6 Å². The van der Waals surface area contributed by atoms with Crippen LogP contribution in [-0.2, 0) is 4.74 Å². The van der Waals surface area contributed by atoms with Crippen LogP contribution in [0.4, 0.5) is 0 Å². The number of carbonyl (C=O) groups is 1. The maximum absolute atomic E-state index is 12.5. The Morgan fingerprint density at radius 3 is 3.09 bits per heavy atom. The van der Waals surface area contributed by atoms with E-state index in [1.165, 1.54) is 0 Å². The second kappa shape index (κ2) is 4.67. The van der Waals surface area contributed by atoms with E-state index >= 15 is 0 Å². The van der Waals surface area contributed by atoms with Gasteiger partial charge in [-0.2, -0.15) is 0 Å². The van der Waals surface area contributed by atoms with E-state index in [9.17, 15) is 4.79 Å². The van der Waals surface area contributed by atoms with Gasteiger partial charge in [0.2, 0.25) is 0 Å². The summed E-state index contributed by atoms with van der Waals surface area (Å²) in [5, 5.41) is 3.17. The number of amides is 1. The van der Waals surface area contributed by atoms with Crippen molar-refractivity contribution in [1.29, 1.82) is 0 Å². The standard InChI is InChI=1S/C16H18N2O3S/c1-16(2)12(9-5-6-20-13(9)16)18-14(19)8-3-4-10-11(7-8)21-15(22)17-10/h3-4,7,9,12-13H,5-6H2,1-2H3,(H,17,22)(H,18,19)/t9-,12+,13+/m0/s1. The number of nitrogens with one attached hydrogen (secondary N) is 2. The highest BCUT2D eigenvalue weighted by atomic mass is 32.1. The number of hydrogen-bond donors (Lipinski definition) is 2. The van der Waals surface area contributed by atoms with Crippen LogP contribution in [0.2, 0.25) is 0 Å². The van der Waals surface area contributed by atoms with Crippen LogP contribution in [0, 0.1) is 16.2 Å². The molecule has 2 aliphatic rings. The topological polar surface area (TPSA) is 67.3 Å². The lowest BCUT2D eigenvalue weighted by Crippen LogP contribution is -2.66. The number of oxazole rings is 1. The summed E-state index contributed by atoms with van der Waals surface area (Å²) in [6.07, 6.45) is 1.28. The molecule has 6 heteroatoms. The summed E-state index contributed by atoms with van der Waals surface area (Å²) in [5.41, 5.74) is 1.97. The van der Waals surface area contributed by atoms with Crippen LogP contribution in [0.15, 0.2) is 22.6 Å². The second-order valence-electron chi connectivity index (χ2n) is 6.74. The van der Waals surface area contributed by atoms with Crippen LogP contribution in [-0.4, -0.2) is 29.6 Å². The van der Waals surface area contributed by atoms with Crippen LogP contribution in [0.3, 0.4) is 0 Å². The molecular formula is C16H18N2O3S. The summed E-state index contributed by atoms with van der Waals surface area (Å²) >= 11 is 4.96. The Morgan fingerprint density at radius 1 is 1.45 bits per heavy atom. The van der Waals surface area contributed by atoms with E-state index in [0.717, 1.165) is 18.5 Å². The minimum atomic E-state index is -0.0763. The van der Waals surface area contributed by atoms with Crippen molar-refractivity contribution in [3.8, 4) is 0 Å². The quantitative estimate of drug-likeness (QED) is 0.835. The molecule has 4 rings (SSSR count). The molecule has 3 atom stereocenters. The van der Waals surface area contributed by atoms with Crippen LogP contribution in [0.5, 0.6) is 0 Å². The van der Waals surface area contributed by atoms with Crippen molar-refractivity contribution in [2.24, 2.45) is 11.3 Å². The smallest absolute Gasteiger partial charge is 0.266 e. The minimum absolute atomic E-state index is 0.0207. The highest BCUT2D eigenvalue weighted by Crippen LogP contribution is 2.52. The number of H-pyrrole nitrogens is 1. The van der Waals surface area contributed by atoms with E-state index < -0.39 is 0 Å². The molecule has 1 saturated heterocycles. The third-order valence-electron chi connectivity index (χ3n) is 5.07. The molecule has 1 saturated carbocycles. The molecular weight excluding hydrogens is 300 g/mol. The van der Waals surface area contributed by atoms with Crippen molar-refractivity contribution in [2.75, 3.05) is 6.61 Å². The highest BCUT2D eigenvalue weighted by molar-refractivity contribution is 7.71. The lowest BCUT2D eigenvalue weighted by molar-refractivity contribution is -0.108. The Labute approximate surface area is 133 Å². The van der Waals surface area contributed by atoms with Gasteiger partial charge in [0.05, 0.1) is 11.6 Å². The van der Waals surface area contributed by atoms with Gasteiger partial charge in [-0.3, -0.25) is 4.79 Å². The second-order valence-corrected chi connectivity index (χ2v) is 7.11. The molecule has 0 unspecified atom stereocenters. The van der Waals surface area contributed by atoms with Gasteiger partial charge < -0.3 is 19.5 Å². The number of ether oxygens (including phenoxy) is 1. The van der Waals surface area contributed by atoms with E-state index in [1.54, 1.807) is 12.1 Å². The normalized spacial score (nSPS) is 29.1. The minimum Gasteiger partial charge on any atom is -0.429 e. The van der Waals surface area contributed by atoms with Crippen LogP contribution in [0.25, 0.3) is 11.1 Å². The molecule has 1 aliphatic carbocycles. The predicted molar refractivity (Wildman–Crippen MR) is 84.3 cm³/mol. The molecule has 2 N–H and O–H groups in total. The van der Waals surface area contributed by atoms with E-state index in [-0.39, 0.29) is 23.5 Å². The average Bonchev–Trinajstić information content (AvgIpc) is 3.07. The molecule has 22 heavy (non-hydrogen) atoms. The van der Waals surface area contributed by atoms with Crippen molar-refractivity contribution in [3.63, 3.8) is 0 Å². The van der Waals surface area contributed by atoms with E-state index in [1.807, 2.05) is 6.07 Å². The first kappa shape index (κ1) is 14.0. The first-order chi connectivity index (χ1) is 10.5. The summed E-state index contributed by atoms with van der Waals surface area (Å²) in [4.78, 5) is 15.8. The Morgan fingerprint density at radius 2 is 2.27 bits per heavy atom. The van der Waals surface area contributed by atoms with E-state index in [0.29, 0.717) is 21.9 Å². The molecule has 2 fully saturated rings. The van der Waals surface area contributed by atoms with E-state index in [2.05, 4.69) is 24.1 Å². The molecule has 2 aromatic rings. The number of fused-ring (bicyclic) bond motifs is 2. The van der Waals surface area contributed by atoms with Gasteiger partial charge in [-0.05, 0) is 36.8 Å². The predicted octanol–water partition coefficient (Wildman–Crippen LogP) is 3.03. The number of carbonyl (C=O) groups excluding carboxylic acids is 1. The van der Waals surface area contributed by atoms with Crippen LogP contribution < -0.4 is 5.32 Å². The largest absolute Gasteiger partial charge is 0.429 e. The molecule has 0 spiro atoms. The third kappa shape index (κ3) is 1.94. The molecule has 1 aliphatic heterocycles. The molecule has 0 bridgehead atoms. The maximum atomic E-state index is 12.5. The van der Waals surface area contributed by atoms with Gasteiger partial charge in [-0.1, -0.05) is 13.8 Å². The summed E-state index contributed by atoms with van der Waals surface area (Å²) in [6, 6.07) is 5.48. The number of aromatic amines is 1. The summed E-state index contributed by atoms with van der Waals surface area (Å²) in [7, 11) is 0. The van der Waals surface area contributed by atoms with Crippen molar-refractivity contribution < 1.29 is 13.9 Å². The van der Waals surface area contributed by atoms with Crippen LogP contribution >= 0.6 is 12.2 Å². The van der Waals surface area contributed by atoms with Crippen molar-refractivity contribution >= 4 is 29.2 Å². The Kier molecular flexibility index (Phi) is 2.96. The average molecular weight is 318 g/mol. The fraction of sp³-hybridized carbons (Fsp3) is 0.500. The monoisotopic (exact) mass is 318 g/mol. The van der Waals surface area contributed by atoms with Gasteiger partial charge in [0.25, 0.3) is 10.7 Å². The first-order valence-electron chi connectivity index (χ1n) is 7.52. The highest BCUT2D eigenvalue weighted by Gasteiger charge is 2.59. The summed E-state index contributed by atoms with van der Waals surface area (Å²) in [6.45, 7) is 5.10. The molecule has 0 radical (unpaired) electrons. The van der Waals surface area contributed by atoms with Crippen molar-refractivity contribution in [1.82, 2.24) is 10.3 Å². The molecule has 5 nitrogen and oxygen atoms in total. The Balaban J connectivity index is 1.57. The third-order valence-corrected chi connectivity index (χ3v) is 5.26. The van der Waals surface area contributed by atoms with Crippen molar-refractivity contribution in [3.05, 3.63) is 28.6 Å². The number of benzene rings is 1. The van der Waals surface area contributed by atoms with E-state index in [4.69, 9.17) is 21.4 Å². The van der Waals surface area contributed by atoms with Gasteiger partial charge in [0.1, 0.15) is 0 Å². The van der Waals surface area contributed by atoms with Gasteiger partial charge in [-0.25, -0.2) is 0 Å². The first-order valence-corrected chi connectivity index (χ1v) is 7.93. The fourth-order valence-corrected chi connectivity index (χ4v) is 4.13. The Hall–Kier alpha value is -1.66. The molecule has 1 aromatic carbocycles. The molecule has 1 amide bonds. The zero-order valence-corrected chi connectivity index (χ0v) is 13.3. The molecule has 1 aromatic heterocycles. The zero-order chi connectivity index (χ0) is 15.5. The van der Waals surface area contributed by atoms with Gasteiger partial charge >= 0.3 is 0 Å². The lowest BCUT2D eigenvalue weighted by Gasteiger charge is -2.54. The number of aromatic nitrogens is 1. The van der Waals surface area contributed by atoms with Gasteiger partial charge in [0, 0.05) is 29.5 Å². The van der Waals surface area contributed by atoms with Gasteiger partial charge in [-0.15, -0.1) is 0 Å². The zero-order valence-electron chi connectivity index (χ0n) is 12.5. The summed E-state index contributed by atoms with van der Waals surface area (Å²) < 4.78 is 11.1. The summed E-state index contributed by atoms with van der Waals surface area (Å²) in [5.74, 6) is 0.353. The molecule has 2 heterocycles. The number of rotatable bonds is 2. The SMILES string of the molecule is CC1(C)[C@H](NC(=O)c2ccc3[nH]c(=S)oc3c2)[C@@H]2CCO[C@H]21. The van der Waals surface area contributed by atoms with Gasteiger partial charge in [0.15, 0.2) is 5.58 Å². The number of hydrogen-bond acceptors (Lipinski definition) is 4. The Bertz CT molecular complexity index is 807. The molecule has 116 valence electrons. The fourth-order valence-electron chi connectivity index (χ4n) is 3.93. The van der Waals surface area contributed by atoms with Crippen molar-refractivity contribution in [2.45, 2.75) is 32.4 Å². The lowest BCUT2D eigenvalue weighted by atomic mass is 9.57. The maximum Gasteiger partial charge on any atom is 0.266 e.